The first kappa shape index (κ1) is 5.08. The quantitative estimate of drug-likeness (QED) is 0.407. The van der Waals surface area contributed by atoms with Gasteiger partial charge in [-0.3, -0.25) is 0 Å². The molecule has 0 aliphatic carbocycles. The molecule has 0 aromatic rings. The molecule has 1 N–H and O–H groups in total. The molecule has 0 radical (unpaired) electrons. The summed E-state index contributed by atoms with van der Waals surface area (Å²) in [6, 6.07) is 0. The van der Waals surface area contributed by atoms with Crippen molar-refractivity contribution in [3.05, 3.63) is 12.3 Å². The molecule has 3 heteroatoms. The van der Waals surface area contributed by atoms with E-state index in [1.54, 1.807) is 6.20 Å². The Balaban J connectivity index is 2.19. The lowest BCUT2D eigenvalue weighted by Gasteiger charge is -1.70. The third-order valence-corrected chi connectivity index (χ3v) is 2.58. The van der Waals surface area contributed by atoms with E-state index in [-0.39, 0.29) is 0 Å². The molecule has 1 aliphatic rings. The van der Waals surface area contributed by atoms with Gasteiger partial charge in [0.15, 0.2) is 0 Å². The van der Waals surface area contributed by atoms with Gasteiger partial charge in [-0.25, -0.2) is 5.53 Å². The van der Waals surface area contributed by atoms with Gasteiger partial charge in [0.1, 0.15) is 0 Å². The summed E-state index contributed by atoms with van der Waals surface area (Å²) < 4.78 is 3.02. The van der Waals surface area contributed by atoms with Crippen LogP contribution in [-0.4, -0.2) is 7.94 Å². The van der Waals surface area contributed by atoms with E-state index in [4.69, 9.17) is 5.53 Å². The minimum Gasteiger partial charge on any atom is -0.205 e. The number of hydrogen-bond acceptors (Lipinski definition) is 2. The second-order valence-electron chi connectivity index (χ2n) is 1.17. The molecule has 0 spiro atoms. The second-order valence-corrected chi connectivity index (χ2v) is 4.04. The molecule has 1 atom stereocenters. The van der Waals surface area contributed by atoms with Crippen molar-refractivity contribution < 1.29 is 0 Å². The molecule has 0 bridgehead atoms. The van der Waals surface area contributed by atoms with Crippen LogP contribution < -0.4 is 0 Å². The Labute approximate surface area is 51.9 Å². The van der Waals surface area contributed by atoms with E-state index in [1.807, 2.05) is 6.08 Å². The average Bonchev–Trinajstić information content (AvgIpc) is 2.42. The van der Waals surface area contributed by atoms with Crippen LogP contribution in [0.4, 0.5) is 0 Å². The molecule has 0 saturated heterocycles. The van der Waals surface area contributed by atoms with E-state index < -0.39 is 0 Å². The third-order valence-electron chi connectivity index (χ3n) is 0.616. The molecule has 0 fully saturated rings. The zero-order valence-electron chi connectivity index (χ0n) is 3.63. The molecule has 7 heavy (non-hydrogen) atoms. The smallest absolute Gasteiger partial charge is 0.0490 e. The summed E-state index contributed by atoms with van der Waals surface area (Å²) in [5, 5.41) is 3.08. The number of nitrogens with one attached hydrogen (secondary N) is 1. The fourth-order valence-corrected chi connectivity index (χ4v) is 1.16. The predicted molar refractivity (Wildman–Crippen MR) is 38.2 cm³/mol. The summed E-state index contributed by atoms with van der Waals surface area (Å²) >= 11 is 0.406. The monoisotopic (exact) mass is 208 g/mol. The van der Waals surface area contributed by atoms with Crippen LogP contribution in [0.2, 0.25) is 0 Å². The van der Waals surface area contributed by atoms with Crippen LogP contribution in [-0.2, 0) is 0 Å². The van der Waals surface area contributed by atoms with Gasteiger partial charge in [0.05, 0.1) is 0 Å². The maximum absolute atomic E-state index is 6.36. The van der Waals surface area contributed by atoms with E-state index in [1.165, 1.54) is 0 Å². The zero-order valence-corrected chi connectivity index (χ0v) is 5.79. The van der Waals surface area contributed by atoms with Crippen molar-refractivity contribution >= 4 is 24.7 Å². The fourth-order valence-electron chi connectivity index (χ4n) is 0.251. The largest absolute Gasteiger partial charge is 0.205 e. The van der Waals surface area contributed by atoms with Crippen LogP contribution in [0.15, 0.2) is 17.4 Å². The Bertz CT molecular complexity index is 122. The van der Waals surface area contributed by atoms with Gasteiger partial charge in [-0.2, -0.15) is 5.11 Å². The van der Waals surface area contributed by atoms with Crippen molar-refractivity contribution in [3.63, 3.8) is 0 Å². The molecule has 0 saturated carbocycles. The number of nitrogens with zero attached hydrogens (tertiary/aromatic N) is 1. The summed E-state index contributed by atoms with van der Waals surface area (Å²) in [7, 11) is 0. The topological polar surface area (TPSA) is 36.2 Å². The van der Waals surface area contributed by atoms with Gasteiger partial charge in [-0.15, -0.1) is 20.7 Å². The van der Waals surface area contributed by atoms with Crippen molar-refractivity contribution in [2.45, 2.75) is 3.92 Å². The highest BCUT2D eigenvalue weighted by Gasteiger charge is 2.04. The minimum atomic E-state index is 0.406. The number of allylic oxidation sites excluding steroid dienone is 1. The SMILES string of the molecule is N=N/C=C\[C@H]1C=I1. The molecular formula is C4H5IN2. The summed E-state index contributed by atoms with van der Waals surface area (Å²) in [5.41, 5.74) is 6.36. The van der Waals surface area contributed by atoms with Crippen molar-refractivity contribution in [2.75, 3.05) is 0 Å². The van der Waals surface area contributed by atoms with Gasteiger partial charge in [0.25, 0.3) is 0 Å². The molecule has 38 valence electrons. The van der Waals surface area contributed by atoms with Crippen molar-refractivity contribution in [3.8, 4) is 0 Å². The zero-order chi connectivity index (χ0) is 5.11. The third kappa shape index (κ3) is 1.91. The number of rotatable bonds is 2. The van der Waals surface area contributed by atoms with Crippen molar-refractivity contribution in [1.29, 1.82) is 5.53 Å². The van der Waals surface area contributed by atoms with Gasteiger partial charge in [-0.1, -0.05) is 0 Å². The molecule has 1 aliphatic heterocycles. The lowest BCUT2D eigenvalue weighted by Crippen LogP contribution is -1.70. The Morgan fingerprint density at radius 3 is 3.00 bits per heavy atom. The highest BCUT2D eigenvalue weighted by Crippen LogP contribution is 2.22. The Morgan fingerprint density at radius 1 is 1.86 bits per heavy atom. The first-order valence-corrected chi connectivity index (χ1v) is 4.41. The molecule has 0 amide bonds. The van der Waals surface area contributed by atoms with Gasteiger partial charge < -0.3 is 0 Å². The molecule has 2 nitrogen and oxygen atoms in total. The van der Waals surface area contributed by atoms with Crippen LogP contribution in [0.3, 0.4) is 0 Å². The number of hydrogen-bond donors (Lipinski definition) is 1. The predicted octanol–water partition coefficient (Wildman–Crippen LogP) is 1.69. The van der Waals surface area contributed by atoms with Crippen LogP contribution in [0.5, 0.6) is 0 Å². The Hall–Kier alpha value is -0.0600. The van der Waals surface area contributed by atoms with Gasteiger partial charge in [-0.05, 0) is 10.1 Å². The van der Waals surface area contributed by atoms with Crippen LogP contribution in [0.1, 0.15) is 0 Å². The van der Waals surface area contributed by atoms with Gasteiger partial charge >= 0.3 is 0 Å². The van der Waals surface area contributed by atoms with Gasteiger partial charge in [0, 0.05) is 10.1 Å². The molecule has 0 aromatic heterocycles. The number of halogens is 1. The second kappa shape index (κ2) is 2.30. The lowest BCUT2D eigenvalue weighted by molar-refractivity contribution is 1.14. The molecular weight excluding hydrogens is 203 g/mol. The van der Waals surface area contributed by atoms with E-state index in [2.05, 4.69) is 9.13 Å². The number of alkyl halides is 1. The Morgan fingerprint density at radius 2 is 2.57 bits per heavy atom. The average molecular weight is 208 g/mol. The molecule has 1 heterocycles. The summed E-state index contributed by atoms with van der Waals surface area (Å²) in [6.45, 7) is 0. The molecule has 0 aromatic carbocycles. The first-order valence-electron chi connectivity index (χ1n) is 1.92. The van der Waals surface area contributed by atoms with E-state index in [9.17, 15) is 0 Å². The van der Waals surface area contributed by atoms with Crippen LogP contribution >= 0.6 is 20.7 Å². The fraction of sp³-hybridized carbons (Fsp3) is 0.250. The maximum Gasteiger partial charge on any atom is 0.0490 e. The van der Waals surface area contributed by atoms with Crippen molar-refractivity contribution in [2.24, 2.45) is 5.11 Å². The normalized spacial score (nSPS) is 27.1. The van der Waals surface area contributed by atoms with Crippen molar-refractivity contribution in [1.82, 2.24) is 0 Å². The molecule has 0 unspecified atom stereocenters. The Kier molecular flexibility index (Phi) is 1.67. The summed E-state index contributed by atoms with van der Waals surface area (Å²) in [4.78, 5) is 0. The summed E-state index contributed by atoms with van der Waals surface area (Å²) in [6.07, 6.45) is 3.52. The van der Waals surface area contributed by atoms with E-state index in [0.717, 1.165) is 3.92 Å². The highest BCUT2D eigenvalue weighted by atomic mass is 127. The van der Waals surface area contributed by atoms with Crippen LogP contribution in [0.25, 0.3) is 0 Å². The van der Waals surface area contributed by atoms with E-state index in [0.29, 0.717) is 20.7 Å². The summed E-state index contributed by atoms with van der Waals surface area (Å²) in [5.74, 6) is 0. The molecule has 1 rings (SSSR count). The standard InChI is InChI=1S/C4H5IN2/c6-7-2-1-4-3-5-4/h1-4,6H/b2-1-,7-6?/t4-/m0/s1. The first-order chi connectivity index (χ1) is 3.43. The van der Waals surface area contributed by atoms with Gasteiger partial charge in [0.2, 0.25) is 0 Å². The van der Waals surface area contributed by atoms with E-state index >= 15 is 0 Å². The van der Waals surface area contributed by atoms with Crippen LogP contribution in [0, 0.1) is 5.53 Å². The maximum atomic E-state index is 6.36. The minimum absolute atomic E-state index is 0.406. The highest BCUT2D eigenvalue weighted by molar-refractivity contribution is 14.2. The lowest BCUT2D eigenvalue weighted by atomic mass is 10.5.